The van der Waals surface area contributed by atoms with E-state index in [0.717, 1.165) is 25.9 Å². The smallest absolute Gasteiger partial charge is 0.421 e. The molecule has 0 atom stereocenters. The second-order valence-corrected chi connectivity index (χ2v) is 10.5. The summed E-state index contributed by atoms with van der Waals surface area (Å²) in [6.07, 6.45) is -2.58. The van der Waals surface area contributed by atoms with Crippen molar-refractivity contribution in [2.75, 3.05) is 52.8 Å². The van der Waals surface area contributed by atoms with Crippen LogP contribution in [0.2, 0.25) is 0 Å². The lowest BCUT2D eigenvalue weighted by molar-refractivity contribution is -0.0905. The van der Waals surface area contributed by atoms with Crippen molar-refractivity contribution in [2.24, 2.45) is 4.99 Å². The number of rotatable bonds is 8. The van der Waals surface area contributed by atoms with Gasteiger partial charge in [0.15, 0.2) is 0 Å². The molecule has 2 heterocycles. The summed E-state index contributed by atoms with van der Waals surface area (Å²) in [6, 6.07) is 9.19. The standard InChI is InChI=1S/C31H36F3N5O5/c1-6-22(31(32,33)34)29(44-25-9-7-8-24-27(25)30(41)39(4)16-17-43-24)36-19(2)35-23-11-10-20(18-26(23)42-5)28(40)37-21-12-14-38(3)15-13-21/h6-11,18,21H,1,12-17H2,2-5H3,(H,35,36)(H,37,40)/b29-22-. The van der Waals surface area contributed by atoms with Crippen molar-refractivity contribution in [1.29, 1.82) is 0 Å². The van der Waals surface area contributed by atoms with Crippen LogP contribution < -0.4 is 24.8 Å². The second kappa shape index (κ2) is 13.8. The zero-order valence-electron chi connectivity index (χ0n) is 25.1. The van der Waals surface area contributed by atoms with Crippen molar-refractivity contribution in [3.8, 4) is 17.2 Å². The van der Waals surface area contributed by atoms with Gasteiger partial charge in [-0.3, -0.25) is 9.59 Å². The summed E-state index contributed by atoms with van der Waals surface area (Å²) in [4.78, 5) is 33.6. The summed E-state index contributed by atoms with van der Waals surface area (Å²) in [5.41, 5.74) is -0.543. The van der Waals surface area contributed by atoms with Gasteiger partial charge < -0.3 is 34.6 Å². The number of anilines is 1. The van der Waals surface area contributed by atoms with Crippen molar-refractivity contribution < 1.29 is 37.0 Å². The SMILES string of the molecule is C=C/C(=C(\N=C(C)Nc1ccc(C(=O)NC2CCN(C)CC2)cc1OC)Oc1cccc2c1C(=O)N(C)CCO2)C(F)(F)F. The first-order chi connectivity index (χ1) is 20.9. The van der Waals surface area contributed by atoms with Gasteiger partial charge >= 0.3 is 6.18 Å². The van der Waals surface area contributed by atoms with Crippen LogP contribution in [-0.2, 0) is 0 Å². The van der Waals surface area contributed by atoms with E-state index in [-0.39, 0.29) is 53.7 Å². The summed E-state index contributed by atoms with van der Waals surface area (Å²) >= 11 is 0. The number of nitrogens with zero attached hydrogens (tertiary/aromatic N) is 3. The maximum absolute atomic E-state index is 14.1. The van der Waals surface area contributed by atoms with Gasteiger partial charge in [-0.15, -0.1) is 0 Å². The predicted molar refractivity (Wildman–Crippen MR) is 161 cm³/mol. The van der Waals surface area contributed by atoms with Crippen LogP contribution in [0.5, 0.6) is 17.2 Å². The lowest BCUT2D eigenvalue weighted by atomic mass is 10.0. The number of allylic oxidation sites excluding steroid dienone is 2. The Morgan fingerprint density at radius 2 is 1.86 bits per heavy atom. The van der Waals surface area contributed by atoms with Crippen LogP contribution in [0.4, 0.5) is 18.9 Å². The van der Waals surface area contributed by atoms with E-state index in [1.54, 1.807) is 31.3 Å². The number of carbonyl (C=O) groups excluding carboxylic acids is 2. The fraction of sp³-hybridized carbons (Fsp3) is 0.387. The summed E-state index contributed by atoms with van der Waals surface area (Å²) in [5, 5.41) is 5.96. The molecule has 2 amide bonds. The lowest BCUT2D eigenvalue weighted by Crippen LogP contribution is -2.43. The normalized spacial score (nSPS) is 17.1. The van der Waals surface area contributed by atoms with E-state index in [4.69, 9.17) is 14.2 Å². The molecular weight excluding hydrogens is 579 g/mol. The number of amides is 2. The van der Waals surface area contributed by atoms with E-state index in [1.165, 1.54) is 31.1 Å². The molecule has 4 rings (SSSR count). The molecule has 2 N–H and O–H groups in total. The molecule has 13 heteroatoms. The number of nitrogens with one attached hydrogen (secondary N) is 2. The molecule has 0 aromatic heterocycles. The van der Waals surface area contributed by atoms with Gasteiger partial charge in [0.2, 0.25) is 5.88 Å². The maximum atomic E-state index is 14.1. The Balaban J connectivity index is 1.62. The number of hydrogen-bond donors (Lipinski definition) is 2. The quantitative estimate of drug-likeness (QED) is 0.189. The Morgan fingerprint density at radius 1 is 1.14 bits per heavy atom. The molecule has 2 aromatic rings. The van der Waals surface area contributed by atoms with Gasteiger partial charge in [-0.2, -0.15) is 18.2 Å². The fourth-order valence-corrected chi connectivity index (χ4v) is 4.81. The highest BCUT2D eigenvalue weighted by Gasteiger charge is 2.37. The Labute approximate surface area is 254 Å². The Kier molecular flexibility index (Phi) is 10.2. The van der Waals surface area contributed by atoms with Crippen LogP contribution in [0, 0.1) is 0 Å². The number of halogens is 3. The summed E-state index contributed by atoms with van der Waals surface area (Å²) in [7, 11) is 5.01. The molecule has 2 aliphatic rings. The molecular formula is C31H36F3N5O5. The number of piperidine rings is 1. The van der Waals surface area contributed by atoms with Crippen LogP contribution in [0.1, 0.15) is 40.5 Å². The van der Waals surface area contributed by atoms with E-state index < -0.39 is 23.5 Å². The molecule has 10 nitrogen and oxygen atoms in total. The van der Waals surface area contributed by atoms with Gasteiger partial charge in [0.1, 0.15) is 40.8 Å². The molecule has 0 radical (unpaired) electrons. The van der Waals surface area contributed by atoms with Crippen molar-refractivity contribution in [2.45, 2.75) is 32.0 Å². The van der Waals surface area contributed by atoms with Gasteiger partial charge in [0.25, 0.3) is 11.8 Å². The van der Waals surface area contributed by atoms with Crippen molar-refractivity contribution in [1.82, 2.24) is 15.1 Å². The highest BCUT2D eigenvalue weighted by atomic mass is 19.4. The van der Waals surface area contributed by atoms with E-state index in [1.807, 2.05) is 7.05 Å². The Hall–Kier alpha value is -4.52. The average molecular weight is 616 g/mol. The highest BCUT2D eigenvalue weighted by molar-refractivity contribution is 6.00. The minimum Gasteiger partial charge on any atom is -0.495 e. The molecule has 1 saturated heterocycles. The first-order valence-electron chi connectivity index (χ1n) is 14.0. The summed E-state index contributed by atoms with van der Waals surface area (Å²) in [5.74, 6) is -1.24. The van der Waals surface area contributed by atoms with Gasteiger partial charge in [-0.05, 0) is 70.2 Å². The molecule has 1 fully saturated rings. The number of alkyl halides is 3. The zero-order valence-corrected chi connectivity index (χ0v) is 25.1. The predicted octanol–water partition coefficient (Wildman–Crippen LogP) is 4.85. The maximum Gasteiger partial charge on any atom is 0.421 e. The number of likely N-dealkylation sites (tertiary alicyclic amines) is 1. The van der Waals surface area contributed by atoms with Gasteiger partial charge in [-0.1, -0.05) is 18.7 Å². The molecule has 0 unspecified atom stereocenters. The Morgan fingerprint density at radius 3 is 2.52 bits per heavy atom. The molecule has 236 valence electrons. The van der Waals surface area contributed by atoms with E-state index >= 15 is 0 Å². The average Bonchev–Trinajstić information content (AvgIpc) is 3.12. The molecule has 0 aliphatic carbocycles. The van der Waals surface area contributed by atoms with E-state index in [2.05, 4.69) is 27.1 Å². The highest BCUT2D eigenvalue weighted by Crippen LogP contribution is 2.36. The number of likely N-dealkylation sites (N-methyl/N-ethyl adjacent to an activating group) is 1. The molecule has 0 bridgehead atoms. The van der Waals surface area contributed by atoms with Crippen LogP contribution in [-0.4, -0.2) is 87.1 Å². The van der Waals surface area contributed by atoms with E-state index in [0.29, 0.717) is 17.3 Å². The summed E-state index contributed by atoms with van der Waals surface area (Å²) < 4.78 is 59.0. The molecule has 2 aromatic carbocycles. The largest absolute Gasteiger partial charge is 0.495 e. The second-order valence-electron chi connectivity index (χ2n) is 10.5. The molecule has 2 aliphatic heterocycles. The Bertz CT molecular complexity index is 1470. The third kappa shape index (κ3) is 7.70. The monoisotopic (exact) mass is 615 g/mol. The number of ether oxygens (including phenoxy) is 3. The zero-order chi connectivity index (χ0) is 32.0. The van der Waals surface area contributed by atoms with Crippen LogP contribution in [0.25, 0.3) is 0 Å². The molecule has 44 heavy (non-hydrogen) atoms. The van der Waals surface area contributed by atoms with Crippen LogP contribution >= 0.6 is 0 Å². The van der Waals surface area contributed by atoms with Gasteiger partial charge in [0, 0.05) is 18.7 Å². The van der Waals surface area contributed by atoms with Gasteiger partial charge in [0.05, 0.1) is 19.3 Å². The number of carbonyl (C=O) groups is 2. The van der Waals surface area contributed by atoms with Crippen molar-refractivity contribution >= 4 is 23.3 Å². The third-order valence-corrected chi connectivity index (χ3v) is 7.28. The van der Waals surface area contributed by atoms with Gasteiger partial charge in [-0.25, -0.2) is 0 Å². The number of hydrogen-bond acceptors (Lipinski definition) is 7. The minimum absolute atomic E-state index is 0.00661. The van der Waals surface area contributed by atoms with E-state index in [9.17, 15) is 22.8 Å². The van der Waals surface area contributed by atoms with Crippen molar-refractivity contribution in [3.05, 3.63) is 71.6 Å². The van der Waals surface area contributed by atoms with Crippen molar-refractivity contribution in [3.63, 3.8) is 0 Å². The minimum atomic E-state index is -4.87. The third-order valence-electron chi connectivity index (χ3n) is 7.28. The topological polar surface area (TPSA) is 105 Å². The number of aliphatic imine (C=N–C) groups is 1. The molecule has 0 saturated carbocycles. The van der Waals surface area contributed by atoms with Crippen LogP contribution in [0.3, 0.4) is 0 Å². The lowest BCUT2D eigenvalue weighted by Gasteiger charge is -2.29. The summed E-state index contributed by atoms with van der Waals surface area (Å²) in [6.45, 7) is 7.03. The number of amidine groups is 1. The fourth-order valence-electron chi connectivity index (χ4n) is 4.81. The number of fused-ring (bicyclic) bond motifs is 1. The molecule has 0 spiro atoms. The number of benzene rings is 2. The number of methoxy groups -OCH3 is 1. The first kappa shape index (κ1) is 32.4. The first-order valence-corrected chi connectivity index (χ1v) is 14.0. The van der Waals surface area contributed by atoms with Crippen LogP contribution in [0.15, 0.2) is 65.5 Å².